The van der Waals surface area contributed by atoms with Gasteiger partial charge in [-0.2, -0.15) is 0 Å². The van der Waals surface area contributed by atoms with E-state index in [1.54, 1.807) is 6.92 Å². The molecule has 3 amide bonds. The summed E-state index contributed by atoms with van der Waals surface area (Å²) >= 11 is 0. The molecular formula is C22H25N3O3. The number of aryl methyl sites for hydroxylation is 2. The van der Waals surface area contributed by atoms with E-state index in [0.717, 1.165) is 34.7 Å². The van der Waals surface area contributed by atoms with Gasteiger partial charge in [0, 0.05) is 28.7 Å². The molecule has 1 saturated heterocycles. The lowest BCUT2D eigenvalue weighted by Crippen LogP contribution is -2.37. The van der Waals surface area contributed by atoms with Crippen LogP contribution in [0.5, 0.6) is 0 Å². The maximum Gasteiger partial charge on any atom is 0.332 e. The molecule has 1 aliphatic heterocycles. The minimum Gasteiger partial charge on any atom is -0.345 e. The van der Waals surface area contributed by atoms with E-state index in [0.29, 0.717) is 17.3 Å². The summed E-state index contributed by atoms with van der Waals surface area (Å²) in [6.07, 6.45) is 2.27. The third-order valence-electron chi connectivity index (χ3n) is 5.76. The Morgan fingerprint density at radius 1 is 1.07 bits per heavy atom. The lowest BCUT2D eigenvalue weighted by molar-refractivity contribution is -0.126. The van der Waals surface area contributed by atoms with Crippen molar-refractivity contribution in [2.45, 2.75) is 52.6 Å². The van der Waals surface area contributed by atoms with Crippen molar-refractivity contribution in [3.63, 3.8) is 0 Å². The lowest BCUT2D eigenvalue weighted by Gasteiger charge is -2.19. The monoisotopic (exact) mass is 379 g/mol. The summed E-state index contributed by atoms with van der Waals surface area (Å²) in [6, 6.07) is 8.75. The number of hydrogen-bond acceptors (Lipinski definition) is 3. The van der Waals surface area contributed by atoms with E-state index in [4.69, 9.17) is 0 Å². The van der Waals surface area contributed by atoms with E-state index in [1.165, 1.54) is 4.90 Å². The summed E-state index contributed by atoms with van der Waals surface area (Å²) in [6.45, 7) is 7.37. The maximum atomic E-state index is 12.9. The molecule has 1 aliphatic carbocycles. The number of amides is 3. The Kier molecular flexibility index (Phi) is 4.37. The summed E-state index contributed by atoms with van der Waals surface area (Å²) in [5.41, 5.74) is 4.32. The molecule has 2 fully saturated rings. The zero-order valence-electron chi connectivity index (χ0n) is 16.7. The SMILES string of the molecule is Cc1ccc(N2C(=O)N(CC(=O)c3cc(C)n(C4CC4)c3C)C(=O)[C@@H]2C)cc1. The Labute approximate surface area is 164 Å². The summed E-state index contributed by atoms with van der Waals surface area (Å²) in [4.78, 5) is 41.1. The summed E-state index contributed by atoms with van der Waals surface area (Å²) < 4.78 is 2.20. The summed E-state index contributed by atoms with van der Waals surface area (Å²) in [7, 11) is 0. The number of carbonyl (C=O) groups is 3. The molecular weight excluding hydrogens is 354 g/mol. The number of carbonyl (C=O) groups excluding carboxylic acids is 3. The van der Waals surface area contributed by atoms with E-state index in [1.807, 2.05) is 51.1 Å². The van der Waals surface area contributed by atoms with Crippen LogP contribution in [0.4, 0.5) is 10.5 Å². The van der Waals surface area contributed by atoms with Crippen molar-refractivity contribution in [3.8, 4) is 0 Å². The van der Waals surface area contributed by atoms with Crippen molar-refractivity contribution in [1.82, 2.24) is 9.47 Å². The van der Waals surface area contributed by atoms with Gasteiger partial charge in [0.1, 0.15) is 6.04 Å². The number of Topliss-reactive ketones (excluding diaryl/α,β-unsaturated/α-hetero) is 1. The second-order valence-corrected chi connectivity index (χ2v) is 7.90. The number of ketones is 1. The van der Waals surface area contributed by atoms with E-state index in [-0.39, 0.29) is 18.2 Å². The van der Waals surface area contributed by atoms with Gasteiger partial charge in [-0.3, -0.25) is 19.4 Å². The average Bonchev–Trinajstić information content (AvgIpc) is 3.41. The third kappa shape index (κ3) is 2.93. The highest BCUT2D eigenvalue weighted by molar-refractivity contribution is 6.16. The number of urea groups is 1. The molecule has 1 atom stereocenters. The standard InChI is InChI=1S/C22H25N3O3/c1-13-5-7-18(8-6-13)25-16(4)21(27)23(22(25)28)12-20(26)19-11-14(2)24(15(19)3)17-9-10-17/h5-8,11,16-17H,9-10,12H2,1-4H3/t16-/m0/s1. The van der Waals surface area contributed by atoms with Crippen LogP contribution >= 0.6 is 0 Å². The van der Waals surface area contributed by atoms with Gasteiger partial charge in [-0.1, -0.05) is 17.7 Å². The van der Waals surface area contributed by atoms with Gasteiger partial charge in [0.25, 0.3) is 5.91 Å². The fourth-order valence-electron chi connectivity index (χ4n) is 4.09. The molecule has 2 heterocycles. The van der Waals surface area contributed by atoms with Crippen LogP contribution in [0.1, 0.15) is 53.1 Å². The highest BCUT2D eigenvalue weighted by Gasteiger charge is 2.44. The normalized spacial score (nSPS) is 19.6. The highest BCUT2D eigenvalue weighted by atomic mass is 16.2. The van der Waals surface area contributed by atoms with Crippen LogP contribution in [-0.4, -0.2) is 39.8 Å². The Bertz CT molecular complexity index is 970. The largest absolute Gasteiger partial charge is 0.345 e. The quantitative estimate of drug-likeness (QED) is 0.587. The van der Waals surface area contributed by atoms with E-state index in [2.05, 4.69) is 4.57 Å². The maximum absolute atomic E-state index is 12.9. The molecule has 28 heavy (non-hydrogen) atoms. The van der Waals surface area contributed by atoms with Gasteiger partial charge in [-0.15, -0.1) is 0 Å². The predicted octanol–water partition coefficient (Wildman–Crippen LogP) is 3.79. The van der Waals surface area contributed by atoms with Gasteiger partial charge in [0.05, 0.1) is 6.54 Å². The van der Waals surface area contributed by atoms with Crippen LogP contribution in [-0.2, 0) is 4.79 Å². The molecule has 1 aromatic heterocycles. The molecule has 6 heteroatoms. The first-order chi connectivity index (χ1) is 13.3. The van der Waals surface area contributed by atoms with Crippen molar-refractivity contribution in [2.75, 3.05) is 11.4 Å². The Balaban J connectivity index is 1.57. The lowest BCUT2D eigenvalue weighted by atomic mass is 10.1. The number of imide groups is 1. The first-order valence-electron chi connectivity index (χ1n) is 9.72. The molecule has 0 spiro atoms. The van der Waals surface area contributed by atoms with Crippen LogP contribution in [0, 0.1) is 20.8 Å². The third-order valence-corrected chi connectivity index (χ3v) is 5.76. The molecule has 4 rings (SSSR count). The zero-order valence-corrected chi connectivity index (χ0v) is 16.7. The minimum atomic E-state index is -0.623. The molecule has 0 radical (unpaired) electrons. The number of nitrogens with zero attached hydrogens (tertiary/aromatic N) is 3. The Morgan fingerprint density at radius 2 is 1.71 bits per heavy atom. The van der Waals surface area contributed by atoms with Crippen molar-refractivity contribution in [2.24, 2.45) is 0 Å². The van der Waals surface area contributed by atoms with Gasteiger partial charge < -0.3 is 4.57 Å². The minimum absolute atomic E-state index is 0.195. The van der Waals surface area contributed by atoms with Crippen molar-refractivity contribution < 1.29 is 14.4 Å². The zero-order chi connectivity index (χ0) is 20.2. The summed E-state index contributed by atoms with van der Waals surface area (Å²) in [5.74, 6) is -0.533. The highest BCUT2D eigenvalue weighted by Crippen LogP contribution is 2.38. The Morgan fingerprint density at radius 3 is 2.32 bits per heavy atom. The van der Waals surface area contributed by atoms with Gasteiger partial charge in [-0.05, 0) is 58.7 Å². The number of hydrogen-bond donors (Lipinski definition) is 0. The van der Waals surface area contributed by atoms with Gasteiger partial charge >= 0.3 is 6.03 Å². The van der Waals surface area contributed by atoms with E-state index in [9.17, 15) is 14.4 Å². The average molecular weight is 379 g/mol. The van der Waals surface area contributed by atoms with Crippen LogP contribution in [0.3, 0.4) is 0 Å². The molecule has 0 bridgehead atoms. The van der Waals surface area contributed by atoms with Gasteiger partial charge in [-0.25, -0.2) is 4.79 Å². The molecule has 1 aromatic carbocycles. The summed E-state index contributed by atoms with van der Waals surface area (Å²) in [5, 5.41) is 0. The molecule has 1 saturated carbocycles. The number of benzene rings is 1. The first-order valence-corrected chi connectivity index (χ1v) is 9.72. The second-order valence-electron chi connectivity index (χ2n) is 7.90. The molecule has 0 N–H and O–H groups in total. The van der Waals surface area contributed by atoms with Crippen molar-refractivity contribution in [3.05, 3.63) is 52.8 Å². The van der Waals surface area contributed by atoms with Gasteiger partial charge in [0.2, 0.25) is 0 Å². The fraction of sp³-hybridized carbons (Fsp3) is 0.409. The van der Waals surface area contributed by atoms with Crippen LogP contribution in [0.2, 0.25) is 0 Å². The van der Waals surface area contributed by atoms with Crippen molar-refractivity contribution >= 4 is 23.4 Å². The van der Waals surface area contributed by atoms with Crippen LogP contribution < -0.4 is 4.90 Å². The second kappa shape index (κ2) is 6.62. The van der Waals surface area contributed by atoms with Crippen LogP contribution in [0.15, 0.2) is 30.3 Å². The molecule has 146 valence electrons. The topological polar surface area (TPSA) is 62.6 Å². The number of anilines is 1. The Hall–Kier alpha value is -2.89. The molecule has 2 aliphatic rings. The van der Waals surface area contributed by atoms with Crippen LogP contribution in [0.25, 0.3) is 0 Å². The number of aromatic nitrogens is 1. The molecule has 2 aromatic rings. The van der Waals surface area contributed by atoms with E-state index < -0.39 is 12.1 Å². The van der Waals surface area contributed by atoms with Crippen molar-refractivity contribution in [1.29, 1.82) is 0 Å². The molecule has 6 nitrogen and oxygen atoms in total. The number of rotatable bonds is 5. The van der Waals surface area contributed by atoms with E-state index >= 15 is 0 Å². The smallest absolute Gasteiger partial charge is 0.332 e. The fourth-order valence-corrected chi connectivity index (χ4v) is 4.09. The molecule has 0 unspecified atom stereocenters. The predicted molar refractivity (Wildman–Crippen MR) is 107 cm³/mol. The first kappa shape index (κ1) is 18.5. The van der Waals surface area contributed by atoms with Gasteiger partial charge in [0.15, 0.2) is 5.78 Å².